The van der Waals surface area contributed by atoms with Crippen LogP contribution < -0.4 is 0 Å². The summed E-state index contributed by atoms with van der Waals surface area (Å²) in [5.74, 6) is 2.01. The molecule has 0 aliphatic rings. The van der Waals surface area contributed by atoms with Crippen molar-refractivity contribution in [2.24, 2.45) is 0 Å². The highest BCUT2D eigenvalue weighted by molar-refractivity contribution is 7.27. The lowest BCUT2D eigenvalue weighted by molar-refractivity contribution is 1.08. The van der Waals surface area contributed by atoms with Crippen molar-refractivity contribution in [3.8, 4) is 45.3 Å². The van der Waals surface area contributed by atoms with E-state index in [1.54, 1.807) is 0 Å². The van der Waals surface area contributed by atoms with Gasteiger partial charge in [0.25, 0.3) is 0 Å². The number of benzene rings is 7. The van der Waals surface area contributed by atoms with Crippen molar-refractivity contribution in [1.29, 1.82) is 0 Å². The highest BCUT2D eigenvalue weighted by Crippen LogP contribution is 2.43. The predicted octanol–water partition coefficient (Wildman–Crippen LogP) is 13.6. The van der Waals surface area contributed by atoms with E-state index in [-0.39, 0.29) is 0 Å². The maximum absolute atomic E-state index is 5.12. The molecule has 0 atom stereocenters. The minimum Gasteiger partial charge on any atom is -0.208 e. The van der Waals surface area contributed by atoms with Gasteiger partial charge in [-0.15, -0.1) is 34.0 Å². The van der Waals surface area contributed by atoms with E-state index in [0.29, 0.717) is 17.5 Å². The molecule has 0 saturated carbocycles. The van der Waals surface area contributed by atoms with Gasteiger partial charge in [0.15, 0.2) is 17.5 Å². The van der Waals surface area contributed by atoms with Crippen molar-refractivity contribution < 1.29 is 0 Å². The van der Waals surface area contributed by atoms with E-state index in [9.17, 15) is 0 Å². The van der Waals surface area contributed by atoms with Crippen molar-refractivity contribution in [3.63, 3.8) is 0 Å². The summed E-state index contributed by atoms with van der Waals surface area (Å²) in [7, 11) is 0. The number of hydrogen-bond donors (Lipinski definition) is 0. The van der Waals surface area contributed by atoms with Crippen LogP contribution in [0.2, 0.25) is 0 Å². The van der Waals surface area contributed by atoms with Crippen LogP contribution in [0, 0.1) is 0 Å². The molecule has 11 aromatic rings. The normalized spacial score (nSPS) is 11.9. The van der Waals surface area contributed by atoms with Crippen LogP contribution in [-0.4, -0.2) is 15.0 Å². The third-order valence-corrected chi connectivity index (χ3v) is 13.3. The first-order valence-corrected chi connectivity index (χ1v) is 19.3. The van der Waals surface area contributed by atoms with Gasteiger partial charge in [-0.2, -0.15) is 0 Å². The van der Waals surface area contributed by atoms with E-state index >= 15 is 0 Å². The summed E-state index contributed by atoms with van der Waals surface area (Å²) in [6.45, 7) is 0. The van der Waals surface area contributed by atoms with Crippen LogP contribution in [0.3, 0.4) is 0 Å². The van der Waals surface area contributed by atoms with E-state index in [1.165, 1.54) is 71.6 Å². The number of aromatic nitrogens is 3. The highest BCUT2D eigenvalue weighted by Gasteiger charge is 2.17. The minimum absolute atomic E-state index is 0.669. The largest absolute Gasteiger partial charge is 0.208 e. The molecule has 7 aromatic carbocycles. The smallest absolute Gasteiger partial charge is 0.164 e. The second kappa shape index (κ2) is 11.4. The second-order valence-electron chi connectivity index (χ2n) is 12.8. The molecule has 0 N–H and O–H groups in total. The molecule has 6 heteroatoms. The molecule has 0 amide bonds. The molecule has 0 aliphatic carbocycles. The summed E-state index contributed by atoms with van der Waals surface area (Å²) in [6.07, 6.45) is 0. The maximum atomic E-state index is 5.12. The molecule has 238 valence electrons. The van der Waals surface area contributed by atoms with Gasteiger partial charge in [0.1, 0.15) is 0 Å². The number of hydrogen-bond acceptors (Lipinski definition) is 6. The average molecular weight is 704 g/mol. The quantitative estimate of drug-likeness (QED) is 0.183. The Hall–Kier alpha value is -5.79. The van der Waals surface area contributed by atoms with Gasteiger partial charge in [0.05, 0.1) is 0 Å². The molecule has 11 rings (SSSR count). The Morgan fingerprint density at radius 1 is 0.294 bits per heavy atom. The van der Waals surface area contributed by atoms with E-state index in [0.717, 1.165) is 16.7 Å². The topological polar surface area (TPSA) is 38.7 Å². The number of nitrogens with zero attached hydrogens (tertiary/aromatic N) is 3. The molecule has 0 aliphatic heterocycles. The summed E-state index contributed by atoms with van der Waals surface area (Å²) in [5, 5.41) is 7.66. The van der Waals surface area contributed by atoms with Crippen LogP contribution in [0.1, 0.15) is 0 Å². The first-order valence-electron chi connectivity index (χ1n) is 16.8. The minimum atomic E-state index is 0.669. The SMILES string of the molecule is c1ccc(-c2nc(-c3ccc4c(c3)sc3ccc(-c5cccc6c5sc5ccccc56)cc34)nc(-c3ccc4sc5ccccc5c4c3)n2)cc1. The monoisotopic (exact) mass is 703 g/mol. The zero-order chi connectivity index (χ0) is 33.5. The van der Waals surface area contributed by atoms with E-state index in [2.05, 4.69) is 133 Å². The van der Waals surface area contributed by atoms with Gasteiger partial charge in [0.2, 0.25) is 0 Å². The van der Waals surface area contributed by atoms with Gasteiger partial charge in [-0.05, 0) is 59.7 Å². The molecule has 3 nitrogen and oxygen atoms in total. The molecule has 4 heterocycles. The summed E-state index contributed by atoms with van der Waals surface area (Å²) in [5.41, 5.74) is 5.46. The second-order valence-corrected chi connectivity index (χ2v) is 16.0. The molecule has 0 fully saturated rings. The fourth-order valence-corrected chi connectivity index (χ4v) is 10.7. The third-order valence-electron chi connectivity index (χ3n) is 9.75. The van der Waals surface area contributed by atoms with Crippen LogP contribution in [0.15, 0.2) is 152 Å². The summed E-state index contributed by atoms with van der Waals surface area (Å²) >= 11 is 5.51. The van der Waals surface area contributed by atoms with Crippen molar-refractivity contribution >= 4 is 94.5 Å². The molecular formula is C45H25N3S3. The van der Waals surface area contributed by atoms with Crippen molar-refractivity contribution in [2.75, 3.05) is 0 Å². The molecule has 0 spiro atoms. The Morgan fingerprint density at radius 3 is 1.57 bits per heavy atom. The first-order chi connectivity index (χ1) is 25.2. The molecule has 0 radical (unpaired) electrons. The van der Waals surface area contributed by atoms with Gasteiger partial charge in [-0.1, -0.05) is 103 Å². The first kappa shape index (κ1) is 29.0. The van der Waals surface area contributed by atoms with Crippen molar-refractivity contribution in [2.45, 2.75) is 0 Å². The Labute approximate surface area is 304 Å². The summed E-state index contributed by atoms with van der Waals surface area (Å²) in [4.78, 5) is 15.2. The van der Waals surface area contributed by atoms with Crippen LogP contribution in [0.5, 0.6) is 0 Å². The predicted molar refractivity (Wildman–Crippen MR) is 220 cm³/mol. The van der Waals surface area contributed by atoms with Crippen LogP contribution in [-0.2, 0) is 0 Å². The molecule has 0 bridgehead atoms. The fraction of sp³-hybridized carbons (Fsp3) is 0. The highest BCUT2D eigenvalue weighted by atomic mass is 32.1. The van der Waals surface area contributed by atoms with Crippen molar-refractivity contribution in [1.82, 2.24) is 15.0 Å². The standard InChI is InChI=1S/C45H25N3S3/c1-2-9-26(10-3-1)43-46-44(28-19-22-39-36(24-28)32-12-5-6-15-37(32)49-39)48-45(47-43)29-17-20-33-35-23-27(18-21-40(35)50-41(33)25-29)30-13-8-14-34-31-11-4-7-16-38(31)51-42(30)34/h1-25H. The van der Waals surface area contributed by atoms with Crippen molar-refractivity contribution in [3.05, 3.63) is 152 Å². The molecule has 51 heavy (non-hydrogen) atoms. The van der Waals surface area contributed by atoms with Gasteiger partial charge >= 0.3 is 0 Å². The molecule has 0 unspecified atom stereocenters. The fourth-order valence-electron chi connectivity index (χ4n) is 7.27. The Morgan fingerprint density at radius 2 is 0.804 bits per heavy atom. The van der Waals surface area contributed by atoms with Gasteiger partial charge in [0, 0.05) is 77.2 Å². The van der Waals surface area contributed by atoms with E-state index < -0.39 is 0 Å². The summed E-state index contributed by atoms with van der Waals surface area (Å²) in [6, 6.07) is 54.3. The van der Waals surface area contributed by atoms with E-state index in [1.807, 2.05) is 52.2 Å². The zero-order valence-corrected chi connectivity index (χ0v) is 29.4. The van der Waals surface area contributed by atoms with Gasteiger partial charge < -0.3 is 0 Å². The van der Waals surface area contributed by atoms with Gasteiger partial charge in [-0.25, -0.2) is 15.0 Å². The molecule has 4 aromatic heterocycles. The Kier molecular flexibility index (Phi) is 6.46. The van der Waals surface area contributed by atoms with Crippen LogP contribution >= 0.6 is 34.0 Å². The number of thiophene rings is 3. The summed E-state index contributed by atoms with van der Waals surface area (Å²) < 4.78 is 7.70. The van der Waals surface area contributed by atoms with Crippen LogP contribution in [0.25, 0.3) is 106 Å². The van der Waals surface area contributed by atoms with E-state index in [4.69, 9.17) is 15.0 Å². The maximum Gasteiger partial charge on any atom is 0.164 e. The number of rotatable bonds is 4. The lowest BCUT2D eigenvalue weighted by Gasteiger charge is -2.09. The zero-order valence-electron chi connectivity index (χ0n) is 27.0. The van der Waals surface area contributed by atoms with Crippen LogP contribution in [0.4, 0.5) is 0 Å². The Balaban J connectivity index is 1.05. The lowest BCUT2D eigenvalue weighted by atomic mass is 10.0. The lowest BCUT2D eigenvalue weighted by Crippen LogP contribution is -2.00. The third kappa shape index (κ3) is 4.72. The van der Waals surface area contributed by atoms with Gasteiger partial charge in [-0.3, -0.25) is 0 Å². The average Bonchev–Trinajstić information content (AvgIpc) is 3.88. The number of fused-ring (bicyclic) bond motifs is 9. The molecular weight excluding hydrogens is 679 g/mol. The Bertz CT molecular complexity index is 3150. The molecule has 0 saturated heterocycles.